The Morgan fingerprint density at radius 3 is 2.95 bits per heavy atom. The SMILES string of the molecule is COc1cc(C(=O)N2CC(C)OC(CN)C2)ccc1F. The van der Waals surface area contributed by atoms with E-state index in [0.717, 1.165) is 0 Å². The predicted octanol–water partition coefficient (Wildman–Crippen LogP) is 1.02. The first-order valence-electron chi connectivity index (χ1n) is 6.53. The number of nitrogens with zero attached hydrogens (tertiary/aromatic N) is 1. The number of hydrogen-bond donors (Lipinski definition) is 1. The molecular formula is C14H19FN2O3. The molecule has 2 unspecified atom stereocenters. The van der Waals surface area contributed by atoms with Gasteiger partial charge in [0.15, 0.2) is 11.6 Å². The quantitative estimate of drug-likeness (QED) is 0.899. The number of carbonyl (C=O) groups excluding carboxylic acids is 1. The highest BCUT2D eigenvalue weighted by Crippen LogP contribution is 2.21. The Morgan fingerprint density at radius 2 is 2.30 bits per heavy atom. The molecule has 1 saturated heterocycles. The van der Waals surface area contributed by atoms with Gasteiger partial charge in [0, 0.05) is 25.2 Å². The summed E-state index contributed by atoms with van der Waals surface area (Å²) >= 11 is 0. The fourth-order valence-electron chi connectivity index (χ4n) is 2.32. The van der Waals surface area contributed by atoms with Crippen molar-refractivity contribution in [1.82, 2.24) is 4.90 Å². The van der Waals surface area contributed by atoms with Gasteiger partial charge >= 0.3 is 0 Å². The van der Waals surface area contributed by atoms with Crippen molar-refractivity contribution >= 4 is 5.91 Å². The molecule has 1 fully saturated rings. The van der Waals surface area contributed by atoms with Gasteiger partial charge in [0.2, 0.25) is 0 Å². The molecule has 0 saturated carbocycles. The number of hydrogen-bond acceptors (Lipinski definition) is 4. The number of ether oxygens (including phenoxy) is 2. The van der Waals surface area contributed by atoms with Crippen molar-refractivity contribution in [2.75, 3.05) is 26.7 Å². The van der Waals surface area contributed by atoms with Crippen molar-refractivity contribution in [3.8, 4) is 5.75 Å². The summed E-state index contributed by atoms with van der Waals surface area (Å²) in [7, 11) is 1.37. The highest BCUT2D eigenvalue weighted by Gasteiger charge is 2.28. The maximum absolute atomic E-state index is 13.4. The Balaban J connectivity index is 2.18. The second kappa shape index (κ2) is 6.19. The molecular weight excluding hydrogens is 263 g/mol. The number of amides is 1. The van der Waals surface area contributed by atoms with Crippen LogP contribution in [-0.2, 0) is 4.74 Å². The Kier molecular flexibility index (Phi) is 4.57. The van der Waals surface area contributed by atoms with Gasteiger partial charge in [0.1, 0.15) is 0 Å². The van der Waals surface area contributed by atoms with Crippen LogP contribution in [-0.4, -0.2) is 49.8 Å². The molecule has 1 aromatic carbocycles. The first-order chi connectivity index (χ1) is 9.55. The molecule has 0 spiro atoms. The zero-order valence-electron chi connectivity index (χ0n) is 11.6. The van der Waals surface area contributed by atoms with Crippen LogP contribution in [0.2, 0.25) is 0 Å². The lowest BCUT2D eigenvalue weighted by molar-refractivity contribution is -0.0625. The van der Waals surface area contributed by atoms with Crippen LogP contribution in [0.25, 0.3) is 0 Å². The van der Waals surface area contributed by atoms with Crippen LogP contribution in [0.15, 0.2) is 18.2 Å². The highest BCUT2D eigenvalue weighted by atomic mass is 19.1. The molecule has 1 amide bonds. The Hall–Kier alpha value is -1.66. The van der Waals surface area contributed by atoms with Gasteiger partial charge in [-0.2, -0.15) is 0 Å². The number of rotatable bonds is 3. The maximum atomic E-state index is 13.4. The number of carbonyl (C=O) groups is 1. The molecule has 6 heteroatoms. The van der Waals surface area contributed by atoms with Gasteiger partial charge in [-0.25, -0.2) is 4.39 Å². The van der Waals surface area contributed by atoms with Crippen LogP contribution >= 0.6 is 0 Å². The molecule has 5 nitrogen and oxygen atoms in total. The molecule has 110 valence electrons. The van der Waals surface area contributed by atoms with Crippen LogP contribution in [0.1, 0.15) is 17.3 Å². The van der Waals surface area contributed by atoms with Crippen molar-refractivity contribution in [2.45, 2.75) is 19.1 Å². The second-order valence-electron chi connectivity index (χ2n) is 4.86. The first-order valence-corrected chi connectivity index (χ1v) is 6.53. The third-order valence-corrected chi connectivity index (χ3v) is 3.27. The smallest absolute Gasteiger partial charge is 0.254 e. The monoisotopic (exact) mass is 282 g/mol. The summed E-state index contributed by atoms with van der Waals surface area (Å²) in [6, 6.07) is 4.10. The standard InChI is InChI=1S/C14H19FN2O3/c1-9-7-17(8-11(6-16)20-9)14(18)10-3-4-12(15)13(5-10)19-2/h3-5,9,11H,6-8,16H2,1-2H3. The summed E-state index contributed by atoms with van der Waals surface area (Å²) < 4.78 is 23.9. The number of methoxy groups -OCH3 is 1. The van der Waals surface area contributed by atoms with Crippen molar-refractivity contribution < 1.29 is 18.7 Å². The van der Waals surface area contributed by atoms with Gasteiger partial charge in [-0.1, -0.05) is 0 Å². The summed E-state index contributed by atoms with van der Waals surface area (Å²) in [5.41, 5.74) is 6.00. The van der Waals surface area contributed by atoms with E-state index < -0.39 is 5.82 Å². The van der Waals surface area contributed by atoms with E-state index in [2.05, 4.69) is 0 Å². The van der Waals surface area contributed by atoms with Gasteiger partial charge in [-0.05, 0) is 25.1 Å². The lowest BCUT2D eigenvalue weighted by Crippen LogP contribution is -2.51. The van der Waals surface area contributed by atoms with Gasteiger partial charge in [-0.15, -0.1) is 0 Å². The minimum absolute atomic E-state index is 0.0625. The molecule has 0 aromatic heterocycles. The van der Waals surface area contributed by atoms with Crippen LogP contribution in [0, 0.1) is 5.82 Å². The van der Waals surface area contributed by atoms with Gasteiger partial charge in [-0.3, -0.25) is 4.79 Å². The van der Waals surface area contributed by atoms with E-state index in [0.29, 0.717) is 25.2 Å². The number of nitrogens with two attached hydrogens (primary N) is 1. The fraction of sp³-hybridized carbons (Fsp3) is 0.500. The number of benzene rings is 1. The molecule has 0 bridgehead atoms. The average molecular weight is 282 g/mol. The van der Waals surface area contributed by atoms with Crippen LogP contribution in [0.5, 0.6) is 5.75 Å². The summed E-state index contributed by atoms with van der Waals surface area (Å²) in [6.45, 7) is 3.20. The minimum atomic E-state index is -0.487. The lowest BCUT2D eigenvalue weighted by atomic mass is 10.1. The van der Waals surface area contributed by atoms with E-state index in [1.54, 1.807) is 4.90 Å². The largest absolute Gasteiger partial charge is 0.494 e. The minimum Gasteiger partial charge on any atom is -0.494 e. The average Bonchev–Trinajstić information content (AvgIpc) is 2.46. The molecule has 1 aliphatic heterocycles. The van der Waals surface area contributed by atoms with Crippen molar-refractivity contribution in [2.24, 2.45) is 5.73 Å². The molecule has 0 radical (unpaired) electrons. The van der Waals surface area contributed by atoms with E-state index in [9.17, 15) is 9.18 Å². The summed E-state index contributed by atoms with van der Waals surface area (Å²) in [5, 5.41) is 0. The Labute approximate surface area is 117 Å². The molecule has 0 aliphatic carbocycles. The van der Waals surface area contributed by atoms with E-state index >= 15 is 0 Å². The number of morpholine rings is 1. The predicted molar refractivity (Wildman–Crippen MR) is 72.2 cm³/mol. The van der Waals surface area contributed by atoms with Crippen LogP contribution in [0.3, 0.4) is 0 Å². The molecule has 1 aliphatic rings. The van der Waals surface area contributed by atoms with E-state index in [4.69, 9.17) is 15.2 Å². The number of halogens is 1. The van der Waals surface area contributed by atoms with Gasteiger partial charge in [0.05, 0.1) is 19.3 Å². The summed E-state index contributed by atoms with van der Waals surface area (Å²) in [4.78, 5) is 14.1. The van der Waals surface area contributed by atoms with Crippen LogP contribution in [0.4, 0.5) is 4.39 Å². The Morgan fingerprint density at radius 1 is 1.55 bits per heavy atom. The van der Waals surface area contributed by atoms with Crippen molar-refractivity contribution in [1.29, 1.82) is 0 Å². The fourth-order valence-corrected chi connectivity index (χ4v) is 2.32. The third kappa shape index (κ3) is 3.08. The maximum Gasteiger partial charge on any atom is 0.254 e. The normalized spacial score (nSPS) is 22.7. The van der Waals surface area contributed by atoms with Crippen LogP contribution < -0.4 is 10.5 Å². The zero-order chi connectivity index (χ0) is 14.7. The molecule has 20 heavy (non-hydrogen) atoms. The van der Waals surface area contributed by atoms with E-state index in [1.165, 1.54) is 25.3 Å². The van der Waals surface area contributed by atoms with Crippen molar-refractivity contribution in [3.05, 3.63) is 29.6 Å². The summed E-state index contributed by atoms with van der Waals surface area (Å²) in [5.74, 6) is -0.594. The highest BCUT2D eigenvalue weighted by molar-refractivity contribution is 5.94. The third-order valence-electron chi connectivity index (χ3n) is 3.27. The molecule has 2 rings (SSSR count). The van der Waals surface area contributed by atoms with E-state index in [1.807, 2.05) is 6.92 Å². The first kappa shape index (κ1) is 14.7. The Bertz CT molecular complexity index is 495. The van der Waals surface area contributed by atoms with E-state index in [-0.39, 0.29) is 23.9 Å². The topological polar surface area (TPSA) is 64.8 Å². The van der Waals surface area contributed by atoms with Gasteiger partial charge in [0.25, 0.3) is 5.91 Å². The van der Waals surface area contributed by atoms with Gasteiger partial charge < -0.3 is 20.1 Å². The molecule has 2 N–H and O–H groups in total. The molecule has 1 heterocycles. The molecule has 2 atom stereocenters. The van der Waals surface area contributed by atoms with Crippen molar-refractivity contribution in [3.63, 3.8) is 0 Å². The second-order valence-corrected chi connectivity index (χ2v) is 4.86. The molecule has 1 aromatic rings. The lowest BCUT2D eigenvalue weighted by Gasteiger charge is -2.36. The zero-order valence-corrected chi connectivity index (χ0v) is 11.6. The summed E-state index contributed by atoms with van der Waals surface area (Å²) in [6.07, 6.45) is -0.228.